The first kappa shape index (κ1) is 17.8. The number of halogens is 2. The Morgan fingerprint density at radius 2 is 1.90 bits per heavy atom. The fraction of sp³-hybridized carbons (Fsp3) is 0.625. The third-order valence-electron chi connectivity index (χ3n) is 3.65. The third-order valence-corrected chi connectivity index (χ3v) is 4.48. The standard InChI is InChI=1S/C16H26Cl2N2/c1-4-5-6-10-20(12(2)3)15(11-19)13-8-7-9-14(17)16(13)18/h7-9,12,15H,4-6,10-11,19H2,1-3H3. The largest absolute Gasteiger partial charge is 0.329 e. The topological polar surface area (TPSA) is 29.3 Å². The van der Waals surface area contributed by atoms with E-state index in [4.69, 9.17) is 28.9 Å². The Labute approximate surface area is 133 Å². The van der Waals surface area contributed by atoms with E-state index in [1.54, 1.807) is 0 Å². The van der Waals surface area contributed by atoms with Crippen molar-refractivity contribution in [2.24, 2.45) is 5.73 Å². The Morgan fingerprint density at radius 3 is 2.45 bits per heavy atom. The van der Waals surface area contributed by atoms with Crippen molar-refractivity contribution in [1.29, 1.82) is 0 Å². The molecule has 2 nitrogen and oxygen atoms in total. The maximum Gasteiger partial charge on any atom is 0.0640 e. The number of nitrogens with two attached hydrogens (primary N) is 1. The molecule has 0 heterocycles. The lowest BCUT2D eigenvalue weighted by Crippen LogP contribution is -2.39. The van der Waals surface area contributed by atoms with Crippen molar-refractivity contribution in [3.8, 4) is 0 Å². The summed E-state index contributed by atoms with van der Waals surface area (Å²) in [6, 6.07) is 6.34. The van der Waals surface area contributed by atoms with E-state index in [0.29, 0.717) is 22.6 Å². The Bertz CT molecular complexity index is 407. The summed E-state index contributed by atoms with van der Waals surface area (Å²) in [5, 5.41) is 1.23. The summed E-state index contributed by atoms with van der Waals surface area (Å²) in [5.74, 6) is 0. The number of rotatable bonds is 8. The number of benzene rings is 1. The highest BCUT2D eigenvalue weighted by molar-refractivity contribution is 6.42. The first-order chi connectivity index (χ1) is 9.52. The fourth-order valence-electron chi connectivity index (χ4n) is 2.54. The van der Waals surface area contributed by atoms with Gasteiger partial charge in [-0.2, -0.15) is 0 Å². The Balaban J connectivity index is 2.97. The van der Waals surface area contributed by atoms with Crippen molar-refractivity contribution in [3.05, 3.63) is 33.8 Å². The van der Waals surface area contributed by atoms with Crippen molar-refractivity contribution in [1.82, 2.24) is 4.90 Å². The van der Waals surface area contributed by atoms with E-state index in [-0.39, 0.29) is 6.04 Å². The van der Waals surface area contributed by atoms with Gasteiger partial charge in [-0.05, 0) is 38.4 Å². The number of unbranched alkanes of at least 4 members (excludes halogenated alkanes) is 2. The van der Waals surface area contributed by atoms with Gasteiger partial charge in [0.05, 0.1) is 10.0 Å². The van der Waals surface area contributed by atoms with Gasteiger partial charge in [0.25, 0.3) is 0 Å². The van der Waals surface area contributed by atoms with E-state index in [1.165, 1.54) is 19.3 Å². The van der Waals surface area contributed by atoms with Gasteiger partial charge in [-0.25, -0.2) is 0 Å². The van der Waals surface area contributed by atoms with Gasteiger partial charge in [0.1, 0.15) is 0 Å². The van der Waals surface area contributed by atoms with Crippen LogP contribution in [0.2, 0.25) is 10.0 Å². The Morgan fingerprint density at radius 1 is 1.20 bits per heavy atom. The molecule has 0 saturated heterocycles. The van der Waals surface area contributed by atoms with Crippen molar-refractivity contribution >= 4 is 23.2 Å². The summed E-state index contributed by atoms with van der Waals surface area (Å²) in [4.78, 5) is 2.42. The lowest BCUT2D eigenvalue weighted by atomic mass is 10.0. The first-order valence-corrected chi connectivity index (χ1v) is 8.18. The second-order valence-corrected chi connectivity index (χ2v) is 6.22. The van der Waals surface area contributed by atoms with Crippen molar-refractivity contribution < 1.29 is 0 Å². The average molecular weight is 317 g/mol. The molecule has 1 aromatic rings. The van der Waals surface area contributed by atoms with E-state index in [9.17, 15) is 0 Å². The molecule has 0 fully saturated rings. The molecular formula is C16H26Cl2N2. The van der Waals surface area contributed by atoms with E-state index in [1.807, 2.05) is 18.2 Å². The van der Waals surface area contributed by atoms with Crippen LogP contribution in [-0.4, -0.2) is 24.0 Å². The molecule has 1 unspecified atom stereocenters. The molecule has 4 heteroatoms. The average Bonchev–Trinajstić information content (AvgIpc) is 2.42. The maximum atomic E-state index is 6.36. The summed E-state index contributed by atoms with van der Waals surface area (Å²) in [6.45, 7) is 8.20. The molecule has 0 aliphatic heterocycles. The summed E-state index contributed by atoms with van der Waals surface area (Å²) in [6.07, 6.45) is 3.64. The highest BCUT2D eigenvalue weighted by Gasteiger charge is 2.23. The molecular weight excluding hydrogens is 291 g/mol. The van der Waals surface area contributed by atoms with E-state index >= 15 is 0 Å². The van der Waals surface area contributed by atoms with Crippen LogP contribution in [0.15, 0.2) is 18.2 Å². The predicted molar refractivity (Wildman–Crippen MR) is 89.6 cm³/mol. The van der Waals surface area contributed by atoms with Crippen LogP contribution in [0.25, 0.3) is 0 Å². The normalized spacial score (nSPS) is 13.2. The zero-order valence-electron chi connectivity index (χ0n) is 12.7. The molecule has 0 bridgehead atoms. The van der Waals surface area contributed by atoms with Gasteiger partial charge in [0.2, 0.25) is 0 Å². The summed E-state index contributed by atoms with van der Waals surface area (Å²) < 4.78 is 0. The quantitative estimate of drug-likeness (QED) is 0.691. The van der Waals surface area contributed by atoms with Gasteiger partial charge in [-0.3, -0.25) is 4.90 Å². The lowest BCUT2D eigenvalue weighted by molar-refractivity contribution is 0.154. The minimum absolute atomic E-state index is 0.123. The van der Waals surface area contributed by atoms with Gasteiger partial charge in [-0.1, -0.05) is 55.1 Å². The summed E-state index contributed by atoms with van der Waals surface area (Å²) >= 11 is 12.5. The molecule has 0 spiro atoms. The zero-order chi connectivity index (χ0) is 15.1. The number of nitrogens with zero attached hydrogens (tertiary/aromatic N) is 1. The number of hydrogen-bond donors (Lipinski definition) is 1. The highest BCUT2D eigenvalue weighted by Crippen LogP contribution is 2.33. The molecule has 0 radical (unpaired) electrons. The molecule has 1 atom stereocenters. The van der Waals surface area contributed by atoms with E-state index in [2.05, 4.69) is 25.7 Å². The van der Waals surface area contributed by atoms with Gasteiger partial charge in [0, 0.05) is 18.6 Å². The van der Waals surface area contributed by atoms with Gasteiger partial charge in [-0.15, -0.1) is 0 Å². The van der Waals surface area contributed by atoms with Crippen LogP contribution < -0.4 is 5.73 Å². The molecule has 0 amide bonds. The lowest BCUT2D eigenvalue weighted by Gasteiger charge is -2.35. The van der Waals surface area contributed by atoms with Crippen LogP contribution >= 0.6 is 23.2 Å². The van der Waals surface area contributed by atoms with E-state index in [0.717, 1.165) is 12.1 Å². The maximum absolute atomic E-state index is 6.36. The minimum Gasteiger partial charge on any atom is -0.329 e. The Kier molecular flexibility index (Phi) is 7.90. The van der Waals surface area contributed by atoms with Crippen molar-refractivity contribution in [3.63, 3.8) is 0 Å². The summed E-state index contributed by atoms with van der Waals surface area (Å²) in [7, 11) is 0. The highest BCUT2D eigenvalue weighted by atomic mass is 35.5. The van der Waals surface area contributed by atoms with Crippen LogP contribution in [-0.2, 0) is 0 Å². The van der Waals surface area contributed by atoms with Crippen LogP contribution in [0.5, 0.6) is 0 Å². The second-order valence-electron chi connectivity index (χ2n) is 5.43. The molecule has 0 aliphatic carbocycles. The van der Waals surface area contributed by atoms with E-state index < -0.39 is 0 Å². The zero-order valence-corrected chi connectivity index (χ0v) is 14.2. The summed E-state index contributed by atoms with van der Waals surface area (Å²) in [5.41, 5.74) is 7.06. The molecule has 0 aliphatic rings. The molecule has 1 rings (SSSR count). The second kappa shape index (κ2) is 8.89. The van der Waals surface area contributed by atoms with Gasteiger partial charge < -0.3 is 5.73 Å². The first-order valence-electron chi connectivity index (χ1n) is 7.42. The smallest absolute Gasteiger partial charge is 0.0640 e. The number of hydrogen-bond acceptors (Lipinski definition) is 2. The molecule has 0 aromatic heterocycles. The molecule has 114 valence electrons. The Hall–Kier alpha value is -0.280. The van der Waals surface area contributed by atoms with Gasteiger partial charge >= 0.3 is 0 Å². The predicted octanol–water partition coefficient (Wildman–Crippen LogP) is 4.89. The van der Waals surface area contributed by atoms with Crippen LogP contribution in [0.3, 0.4) is 0 Å². The van der Waals surface area contributed by atoms with Crippen LogP contribution in [0, 0.1) is 0 Å². The SMILES string of the molecule is CCCCCN(C(C)C)C(CN)c1cccc(Cl)c1Cl. The molecule has 2 N–H and O–H groups in total. The fourth-order valence-corrected chi connectivity index (χ4v) is 2.97. The molecule has 0 saturated carbocycles. The van der Waals surface area contributed by atoms with Crippen molar-refractivity contribution in [2.45, 2.75) is 52.1 Å². The minimum atomic E-state index is 0.123. The van der Waals surface area contributed by atoms with Crippen molar-refractivity contribution in [2.75, 3.05) is 13.1 Å². The molecule has 1 aromatic carbocycles. The van der Waals surface area contributed by atoms with Crippen LogP contribution in [0.4, 0.5) is 0 Å². The monoisotopic (exact) mass is 316 g/mol. The van der Waals surface area contributed by atoms with Crippen LogP contribution in [0.1, 0.15) is 51.6 Å². The molecule has 20 heavy (non-hydrogen) atoms. The third kappa shape index (κ3) is 4.63. The van der Waals surface area contributed by atoms with Gasteiger partial charge in [0.15, 0.2) is 0 Å².